The molecule has 7 nitrogen and oxygen atoms in total. The van der Waals surface area contributed by atoms with Crippen molar-refractivity contribution in [2.45, 2.75) is 106 Å². The lowest BCUT2D eigenvalue weighted by molar-refractivity contribution is 0.0281. The molecule has 0 spiro atoms. The van der Waals surface area contributed by atoms with Gasteiger partial charge in [0.15, 0.2) is 0 Å². The molecule has 5 aliphatic rings. The predicted molar refractivity (Wildman–Crippen MR) is 103 cm³/mol. The van der Waals surface area contributed by atoms with Gasteiger partial charge in [0.25, 0.3) is 5.95 Å². The summed E-state index contributed by atoms with van der Waals surface area (Å²) in [5, 5.41) is 20.7. The molecule has 4 heterocycles. The first-order valence-corrected chi connectivity index (χ1v) is 11.0. The van der Waals surface area contributed by atoms with E-state index in [1.54, 1.807) is 0 Å². The van der Waals surface area contributed by atoms with Gasteiger partial charge in [-0.15, -0.1) is 0 Å². The lowest BCUT2D eigenvalue weighted by atomic mass is 9.78. The molecule has 4 aliphatic heterocycles. The SMILES string of the molecule is C=C(O)OCC12CC[C@H]3O[C@]3(C)CCC3OC3(C)CC[C@H]([C@]3(C)CO3)[C@@H](O)C1O2. The predicted octanol–water partition coefficient (Wildman–Crippen LogP) is 2.61. The Bertz CT molecular complexity index is 693. The van der Waals surface area contributed by atoms with Crippen LogP contribution in [0.1, 0.15) is 59.3 Å². The molecule has 1 aliphatic carbocycles. The van der Waals surface area contributed by atoms with Crippen LogP contribution in [-0.2, 0) is 23.7 Å². The van der Waals surface area contributed by atoms with Crippen LogP contribution in [0, 0.1) is 5.92 Å². The quantitative estimate of drug-likeness (QED) is 0.543. The second-order valence-electron chi connectivity index (χ2n) is 10.4. The largest absolute Gasteiger partial charge is 0.481 e. The maximum Gasteiger partial charge on any atom is 0.269 e. The molecule has 7 heteroatoms. The van der Waals surface area contributed by atoms with Crippen molar-refractivity contribution in [3.05, 3.63) is 12.5 Å². The zero-order valence-corrected chi connectivity index (χ0v) is 17.7. The van der Waals surface area contributed by atoms with Gasteiger partial charge in [0.2, 0.25) is 0 Å². The summed E-state index contributed by atoms with van der Waals surface area (Å²) in [6, 6.07) is 0. The summed E-state index contributed by atoms with van der Waals surface area (Å²) in [6.45, 7) is 10.7. The molecule has 0 amide bonds. The van der Waals surface area contributed by atoms with E-state index in [4.69, 9.17) is 23.7 Å². The van der Waals surface area contributed by atoms with Gasteiger partial charge in [-0.3, -0.25) is 0 Å². The third kappa shape index (κ3) is 3.59. The van der Waals surface area contributed by atoms with Gasteiger partial charge < -0.3 is 33.9 Å². The molecule has 0 bridgehead atoms. The maximum atomic E-state index is 11.3. The van der Waals surface area contributed by atoms with Crippen LogP contribution in [0.2, 0.25) is 0 Å². The van der Waals surface area contributed by atoms with Gasteiger partial charge in [-0.25, -0.2) is 0 Å². The van der Waals surface area contributed by atoms with Crippen LogP contribution in [0.25, 0.3) is 0 Å². The van der Waals surface area contributed by atoms with Crippen molar-refractivity contribution < 1.29 is 33.9 Å². The van der Waals surface area contributed by atoms with Crippen molar-refractivity contribution in [1.82, 2.24) is 0 Å². The highest BCUT2D eigenvalue weighted by Crippen LogP contribution is 2.55. The minimum atomic E-state index is -0.659. The fourth-order valence-corrected chi connectivity index (χ4v) is 5.56. The molecule has 0 radical (unpaired) electrons. The molecule has 0 aromatic carbocycles. The molecule has 4 unspecified atom stereocenters. The Hall–Kier alpha value is -0.860. The number of hydrogen-bond acceptors (Lipinski definition) is 7. The average Bonchev–Trinajstić information content (AvgIpc) is 3.50. The zero-order valence-electron chi connectivity index (χ0n) is 17.7. The lowest BCUT2D eigenvalue weighted by Crippen LogP contribution is -2.40. The molecular formula is C22H34O7. The number of epoxide rings is 4. The summed E-state index contributed by atoms with van der Waals surface area (Å²) < 4.78 is 29.2. The molecule has 0 aromatic rings. The van der Waals surface area contributed by atoms with Crippen molar-refractivity contribution in [2.75, 3.05) is 13.2 Å². The molecule has 9 atom stereocenters. The summed E-state index contributed by atoms with van der Waals surface area (Å²) in [5.41, 5.74) is -1.14. The highest BCUT2D eigenvalue weighted by molar-refractivity contribution is 5.14. The van der Waals surface area contributed by atoms with Gasteiger partial charge in [-0.2, -0.15) is 0 Å². The van der Waals surface area contributed by atoms with Crippen LogP contribution < -0.4 is 0 Å². The number of aliphatic hydroxyl groups excluding tert-OH is 2. The molecule has 164 valence electrons. The topological polar surface area (TPSA) is 99.8 Å². The van der Waals surface area contributed by atoms with Crippen LogP contribution >= 0.6 is 0 Å². The molecule has 5 fully saturated rings. The summed E-state index contributed by atoms with van der Waals surface area (Å²) >= 11 is 0. The van der Waals surface area contributed by atoms with Gasteiger partial charge >= 0.3 is 0 Å². The van der Waals surface area contributed by atoms with Crippen molar-refractivity contribution in [1.29, 1.82) is 0 Å². The molecule has 5 rings (SSSR count). The fraction of sp³-hybridized carbons (Fsp3) is 0.909. The third-order valence-corrected chi connectivity index (χ3v) is 8.17. The molecule has 1 saturated carbocycles. The smallest absolute Gasteiger partial charge is 0.269 e. The monoisotopic (exact) mass is 410 g/mol. The Kier molecular flexibility index (Phi) is 4.38. The van der Waals surface area contributed by atoms with Gasteiger partial charge in [-0.05, 0) is 65.9 Å². The number of ether oxygens (including phenoxy) is 5. The van der Waals surface area contributed by atoms with Gasteiger partial charge in [0.1, 0.15) is 18.3 Å². The fourth-order valence-electron chi connectivity index (χ4n) is 5.56. The van der Waals surface area contributed by atoms with E-state index >= 15 is 0 Å². The van der Waals surface area contributed by atoms with Crippen LogP contribution in [0.5, 0.6) is 0 Å². The summed E-state index contributed by atoms with van der Waals surface area (Å²) in [5.74, 6) is -0.354. The average molecular weight is 411 g/mol. The highest BCUT2D eigenvalue weighted by Gasteiger charge is 2.66. The first-order valence-electron chi connectivity index (χ1n) is 11.0. The number of aliphatic hydroxyl groups is 2. The first-order chi connectivity index (χ1) is 13.6. The van der Waals surface area contributed by atoms with Crippen LogP contribution in [-0.4, -0.2) is 70.2 Å². The second kappa shape index (κ2) is 6.33. The van der Waals surface area contributed by atoms with E-state index in [1.165, 1.54) is 0 Å². The van der Waals surface area contributed by atoms with Gasteiger partial charge in [-0.1, -0.05) is 0 Å². The van der Waals surface area contributed by atoms with E-state index in [2.05, 4.69) is 27.4 Å². The third-order valence-electron chi connectivity index (χ3n) is 8.17. The number of hydrogen-bond donors (Lipinski definition) is 2. The van der Waals surface area contributed by atoms with Gasteiger partial charge in [0.05, 0.1) is 41.7 Å². The van der Waals surface area contributed by atoms with Crippen molar-refractivity contribution >= 4 is 0 Å². The molecule has 0 aromatic heterocycles. The van der Waals surface area contributed by atoms with Crippen molar-refractivity contribution in [3.63, 3.8) is 0 Å². The standard InChI is InChI=1S/C22H34O7/c1-13(23)25-12-22-10-7-16-20(3,28-16)9-6-15-19(2,27-15)8-5-14(21(4)11-26-21)17(24)18(22)29-22/h14-18,23-24H,1,5-12H2,2-4H3/t14-,15?,16+,17+,18?,19?,20+,21-,22?/m0/s1. The molecule has 4 saturated heterocycles. The molecule has 29 heavy (non-hydrogen) atoms. The molecular weight excluding hydrogens is 376 g/mol. The van der Waals surface area contributed by atoms with Crippen LogP contribution in [0.3, 0.4) is 0 Å². The Morgan fingerprint density at radius 2 is 1.55 bits per heavy atom. The Labute approximate surface area is 172 Å². The van der Waals surface area contributed by atoms with E-state index in [-0.39, 0.29) is 53.6 Å². The second-order valence-corrected chi connectivity index (χ2v) is 10.4. The van der Waals surface area contributed by atoms with Gasteiger partial charge in [0, 0.05) is 5.92 Å². The summed E-state index contributed by atoms with van der Waals surface area (Å²) in [4.78, 5) is 0. The van der Waals surface area contributed by atoms with Crippen molar-refractivity contribution in [3.8, 4) is 0 Å². The van der Waals surface area contributed by atoms with Crippen LogP contribution in [0.4, 0.5) is 0 Å². The van der Waals surface area contributed by atoms with E-state index < -0.39 is 11.7 Å². The summed E-state index contributed by atoms with van der Waals surface area (Å²) in [7, 11) is 0. The minimum Gasteiger partial charge on any atom is -0.481 e. The van der Waals surface area contributed by atoms with E-state index in [0.29, 0.717) is 13.0 Å². The maximum absolute atomic E-state index is 11.3. The minimum absolute atomic E-state index is 0.0289. The molecule has 2 N–H and O–H groups in total. The van der Waals surface area contributed by atoms with E-state index in [0.717, 1.165) is 32.1 Å². The zero-order chi connectivity index (χ0) is 20.7. The summed E-state index contributed by atoms with van der Waals surface area (Å²) in [6.07, 6.45) is 4.72. The normalized spacial score (nSPS) is 56.1. The number of fused-ring (bicyclic) bond motifs is 3. The van der Waals surface area contributed by atoms with Crippen LogP contribution in [0.15, 0.2) is 12.5 Å². The Morgan fingerprint density at radius 3 is 2.14 bits per heavy atom. The highest BCUT2D eigenvalue weighted by atomic mass is 16.7. The first kappa shape index (κ1) is 20.1. The lowest BCUT2D eigenvalue weighted by Gasteiger charge is -2.27. The van der Waals surface area contributed by atoms with Crippen molar-refractivity contribution in [2.24, 2.45) is 5.92 Å². The Morgan fingerprint density at radius 1 is 0.966 bits per heavy atom. The Balaban J connectivity index is 1.36. The van der Waals surface area contributed by atoms with E-state index in [9.17, 15) is 10.2 Å². The number of rotatable bonds is 4. The van der Waals surface area contributed by atoms with E-state index in [1.807, 2.05) is 0 Å².